The molecule has 1 saturated carbocycles. The molecule has 1 aromatic rings. The molecule has 0 heterocycles. The molecule has 1 fully saturated rings. The predicted molar refractivity (Wildman–Crippen MR) is 97.7 cm³/mol. The van der Waals surface area contributed by atoms with Gasteiger partial charge in [-0.2, -0.15) is 0 Å². The number of hydrogen-bond donors (Lipinski definition) is 0. The Morgan fingerprint density at radius 1 is 0.955 bits per heavy atom. The molecule has 0 unspecified atom stereocenters. The number of rotatable bonds is 3. The summed E-state index contributed by atoms with van der Waals surface area (Å²) < 4.78 is 0. The van der Waals surface area contributed by atoms with Gasteiger partial charge in [0.2, 0.25) is 0 Å². The Bertz CT molecular complexity index is 556. The fourth-order valence-corrected chi connectivity index (χ4v) is 5.00. The quantitative estimate of drug-likeness (QED) is 0.596. The summed E-state index contributed by atoms with van der Waals surface area (Å²) in [6.45, 7) is 6.91. The minimum absolute atomic E-state index is 0.831. The van der Waals surface area contributed by atoms with E-state index in [4.69, 9.17) is 0 Å². The van der Waals surface area contributed by atoms with Crippen molar-refractivity contribution in [2.24, 2.45) is 0 Å². The third-order valence-electron chi connectivity index (χ3n) is 6.01. The standard InChI is InChI=1S/C22H32/c1-4-11-20-18(5-2)16(3)19-14-9-10-15-21(19)22(20)17-12-7-6-8-13-17/h4,11,17H,5-10,12-15H2,1-3H3/b11-4-. The summed E-state index contributed by atoms with van der Waals surface area (Å²) in [5.74, 6) is 0.831. The van der Waals surface area contributed by atoms with Gasteiger partial charge in [-0.1, -0.05) is 38.3 Å². The molecule has 0 aromatic heterocycles. The van der Waals surface area contributed by atoms with Gasteiger partial charge in [-0.3, -0.25) is 0 Å². The van der Waals surface area contributed by atoms with E-state index in [0.717, 1.165) is 5.92 Å². The van der Waals surface area contributed by atoms with Gasteiger partial charge in [-0.05, 0) is 98.1 Å². The van der Waals surface area contributed by atoms with Crippen molar-refractivity contribution in [2.75, 3.05) is 0 Å². The summed E-state index contributed by atoms with van der Waals surface area (Å²) in [5, 5.41) is 0. The van der Waals surface area contributed by atoms with Gasteiger partial charge in [-0.25, -0.2) is 0 Å². The van der Waals surface area contributed by atoms with Crippen LogP contribution >= 0.6 is 0 Å². The monoisotopic (exact) mass is 296 g/mol. The van der Waals surface area contributed by atoms with Crippen LogP contribution in [0.2, 0.25) is 0 Å². The van der Waals surface area contributed by atoms with Crippen LogP contribution in [0.1, 0.15) is 98.1 Å². The molecule has 22 heavy (non-hydrogen) atoms. The van der Waals surface area contributed by atoms with Crippen LogP contribution in [-0.4, -0.2) is 0 Å². The van der Waals surface area contributed by atoms with Crippen LogP contribution in [0.5, 0.6) is 0 Å². The summed E-state index contributed by atoms with van der Waals surface area (Å²) >= 11 is 0. The fraction of sp³-hybridized carbons (Fsp3) is 0.636. The summed E-state index contributed by atoms with van der Waals surface area (Å²) in [6, 6.07) is 0. The van der Waals surface area contributed by atoms with Crippen LogP contribution in [0.25, 0.3) is 6.08 Å². The van der Waals surface area contributed by atoms with E-state index in [-0.39, 0.29) is 0 Å². The molecule has 120 valence electrons. The average Bonchev–Trinajstić information content (AvgIpc) is 2.57. The smallest absolute Gasteiger partial charge is 0.0153 e. The van der Waals surface area contributed by atoms with Crippen LogP contribution in [0.4, 0.5) is 0 Å². The first kappa shape index (κ1) is 15.8. The van der Waals surface area contributed by atoms with Gasteiger partial charge >= 0.3 is 0 Å². The predicted octanol–water partition coefficient (Wildman–Crippen LogP) is 6.52. The lowest BCUT2D eigenvalue weighted by atomic mass is 9.72. The number of benzene rings is 1. The maximum absolute atomic E-state index is 2.42. The SMILES string of the molecule is C/C=C\c1c(CC)c(C)c2c(c1C1CCCCC1)CCCC2. The summed E-state index contributed by atoms with van der Waals surface area (Å²) in [7, 11) is 0. The molecule has 0 saturated heterocycles. The second kappa shape index (κ2) is 7.02. The molecule has 0 aliphatic heterocycles. The largest absolute Gasteiger partial charge is 0.0870 e. The molecule has 0 spiro atoms. The number of allylic oxidation sites excluding steroid dienone is 1. The first-order valence-electron chi connectivity index (χ1n) is 9.57. The Balaban J connectivity index is 2.22. The highest BCUT2D eigenvalue weighted by Gasteiger charge is 2.27. The molecular weight excluding hydrogens is 264 g/mol. The lowest BCUT2D eigenvalue weighted by molar-refractivity contribution is 0.439. The van der Waals surface area contributed by atoms with Crippen molar-refractivity contribution in [1.29, 1.82) is 0 Å². The Labute approximate surface area is 137 Å². The minimum atomic E-state index is 0.831. The second-order valence-electron chi connectivity index (χ2n) is 7.28. The third kappa shape index (κ3) is 2.77. The molecular formula is C22H32. The van der Waals surface area contributed by atoms with Crippen molar-refractivity contribution in [2.45, 2.75) is 90.9 Å². The van der Waals surface area contributed by atoms with E-state index in [1.54, 1.807) is 33.4 Å². The van der Waals surface area contributed by atoms with Gasteiger partial charge in [-0.15, -0.1) is 0 Å². The lowest BCUT2D eigenvalue weighted by Gasteiger charge is -2.32. The summed E-state index contributed by atoms with van der Waals surface area (Å²) in [6.07, 6.45) is 18.5. The van der Waals surface area contributed by atoms with Gasteiger partial charge in [0.25, 0.3) is 0 Å². The molecule has 0 amide bonds. The molecule has 2 aliphatic rings. The van der Waals surface area contributed by atoms with Crippen LogP contribution in [-0.2, 0) is 19.3 Å². The zero-order valence-electron chi connectivity index (χ0n) is 14.8. The van der Waals surface area contributed by atoms with E-state index < -0.39 is 0 Å². The molecule has 0 nitrogen and oxygen atoms in total. The molecule has 0 N–H and O–H groups in total. The zero-order valence-corrected chi connectivity index (χ0v) is 14.8. The van der Waals surface area contributed by atoms with E-state index in [2.05, 4.69) is 32.9 Å². The van der Waals surface area contributed by atoms with E-state index in [1.165, 1.54) is 64.2 Å². The molecule has 0 atom stereocenters. The zero-order chi connectivity index (χ0) is 15.5. The average molecular weight is 296 g/mol. The topological polar surface area (TPSA) is 0 Å². The molecule has 1 aromatic carbocycles. The molecule has 0 radical (unpaired) electrons. The van der Waals surface area contributed by atoms with Crippen molar-refractivity contribution in [3.63, 3.8) is 0 Å². The van der Waals surface area contributed by atoms with Gasteiger partial charge in [0, 0.05) is 0 Å². The highest BCUT2D eigenvalue weighted by molar-refractivity contribution is 5.66. The molecule has 0 bridgehead atoms. The Morgan fingerprint density at radius 2 is 1.64 bits per heavy atom. The highest BCUT2D eigenvalue weighted by Crippen LogP contribution is 2.43. The van der Waals surface area contributed by atoms with Crippen LogP contribution in [0.3, 0.4) is 0 Å². The van der Waals surface area contributed by atoms with E-state index >= 15 is 0 Å². The minimum Gasteiger partial charge on any atom is -0.0870 e. The second-order valence-corrected chi connectivity index (χ2v) is 7.28. The molecule has 2 aliphatic carbocycles. The van der Waals surface area contributed by atoms with Crippen molar-refractivity contribution in [1.82, 2.24) is 0 Å². The number of fused-ring (bicyclic) bond motifs is 1. The van der Waals surface area contributed by atoms with Crippen molar-refractivity contribution in [3.05, 3.63) is 39.5 Å². The lowest BCUT2D eigenvalue weighted by Crippen LogP contribution is -2.17. The maximum atomic E-state index is 2.42. The van der Waals surface area contributed by atoms with E-state index in [1.807, 2.05) is 0 Å². The van der Waals surface area contributed by atoms with Crippen LogP contribution in [0, 0.1) is 6.92 Å². The van der Waals surface area contributed by atoms with E-state index in [0.29, 0.717) is 0 Å². The van der Waals surface area contributed by atoms with E-state index in [9.17, 15) is 0 Å². The highest BCUT2D eigenvalue weighted by atomic mass is 14.3. The summed E-state index contributed by atoms with van der Waals surface area (Å²) in [4.78, 5) is 0. The van der Waals surface area contributed by atoms with Gasteiger partial charge < -0.3 is 0 Å². The summed E-state index contributed by atoms with van der Waals surface area (Å²) in [5.41, 5.74) is 10.1. The van der Waals surface area contributed by atoms with Crippen molar-refractivity contribution in [3.8, 4) is 0 Å². The number of hydrogen-bond acceptors (Lipinski definition) is 0. The Morgan fingerprint density at radius 3 is 2.27 bits per heavy atom. The third-order valence-corrected chi connectivity index (χ3v) is 6.01. The Kier molecular flexibility index (Phi) is 5.06. The van der Waals surface area contributed by atoms with Crippen molar-refractivity contribution >= 4 is 6.08 Å². The normalized spacial score (nSPS) is 19.6. The first-order valence-corrected chi connectivity index (χ1v) is 9.57. The van der Waals surface area contributed by atoms with Gasteiger partial charge in [0.1, 0.15) is 0 Å². The fourth-order valence-electron chi connectivity index (χ4n) is 5.00. The first-order chi connectivity index (χ1) is 10.8. The van der Waals surface area contributed by atoms with Gasteiger partial charge in [0.05, 0.1) is 0 Å². The Hall–Kier alpha value is -1.04. The molecule has 0 heteroatoms. The van der Waals surface area contributed by atoms with Crippen molar-refractivity contribution < 1.29 is 0 Å². The van der Waals surface area contributed by atoms with Crippen LogP contribution < -0.4 is 0 Å². The maximum Gasteiger partial charge on any atom is -0.0153 e. The molecule has 3 rings (SSSR count). The van der Waals surface area contributed by atoms with Crippen LogP contribution in [0.15, 0.2) is 6.08 Å². The van der Waals surface area contributed by atoms with Gasteiger partial charge in [0.15, 0.2) is 0 Å².